The minimum absolute atomic E-state index is 0.0929. The fraction of sp³-hybridized carbons (Fsp3) is 0.280. The average Bonchev–Trinajstić information content (AvgIpc) is 3.28. The summed E-state index contributed by atoms with van der Waals surface area (Å²) < 4.78 is 62.5. The fourth-order valence-electron chi connectivity index (χ4n) is 8.06. The molecule has 8 rings (SSSR count). The summed E-state index contributed by atoms with van der Waals surface area (Å²) in [5.41, 5.74) is 2.04. The highest BCUT2D eigenvalue weighted by Crippen LogP contribution is 2.42. The van der Waals surface area contributed by atoms with E-state index in [0.29, 0.717) is 18.8 Å². The lowest BCUT2D eigenvalue weighted by Gasteiger charge is -2.49. The van der Waals surface area contributed by atoms with Crippen molar-refractivity contribution in [2.24, 2.45) is 0 Å². The Morgan fingerprint density at radius 3 is 1.83 bits per heavy atom. The lowest BCUT2D eigenvalue weighted by Crippen LogP contribution is -2.68. The zero-order valence-corrected chi connectivity index (χ0v) is 36.1. The third-order valence-corrected chi connectivity index (χ3v) is 17.2. The highest BCUT2D eigenvalue weighted by molar-refractivity contribution is 7.99. The molecule has 310 valence electrons. The van der Waals surface area contributed by atoms with Crippen molar-refractivity contribution in [3.05, 3.63) is 186 Å². The lowest BCUT2D eigenvalue weighted by atomic mass is 9.98. The minimum atomic E-state index is -3.07. The molecule has 1 unspecified atom stereocenters. The predicted molar refractivity (Wildman–Crippen MR) is 236 cm³/mol. The van der Waals surface area contributed by atoms with Crippen molar-refractivity contribution in [3.8, 4) is 11.5 Å². The average molecular weight is 843 g/mol. The maximum Gasteiger partial charge on any atom is 0.320 e. The van der Waals surface area contributed by atoms with Gasteiger partial charge in [0.05, 0.1) is 26.9 Å². The molecule has 0 N–H and O–H groups in total. The van der Waals surface area contributed by atoms with Crippen molar-refractivity contribution in [2.75, 3.05) is 13.7 Å². The molecule has 6 aromatic carbocycles. The van der Waals surface area contributed by atoms with Crippen LogP contribution in [0, 0.1) is 5.82 Å². The molecule has 6 atom stereocenters. The second-order valence-electron chi connectivity index (χ2n) is 16.1. The molecule has 0 bridgehead atoms. The van der Waals surface area contributed by atoms with E-state index >= 15 is 4.39 Å². The topological polar surface area (TPSA) is 64.6 Å². The third-order valence-electron chi connectivity index (χ3n) is 11.1. The van der Waals surface area contributed by atoms with Gasteiger partial charge in [-0.25, -0.2) is 4.39 Å². The highest BCUT2D eigenvalue weighted by Gasteiger charge is 2.53. The second kappa shape index (κ2) is 18.9. The first-order valence-corrected chi connectivity index (χ1v) is 23.1. The standard InChI is InChI=1S/C50H51FO7SSi/c1-50(2,3)60(40-21-13-7-14-22-40,41-23-15-8-16-24-41)58-43-30-27-36(31-42(43)51)33-53-46-45-44(34-55-48(57-45)37-17-9-5-10-18-37)56-49(59-39-19-11-6-12-20-39)47(46)54-32-35-25-28-38(52-4)29-26-35/h5-31,44-49H,32-34H2,1-4H3/t44-,45-,46+,47+,48?,49-/m1/s1. The third kappa shape index (κ3) is 9.25. The zero-order chi connectivity index (χ0) is 41.5. The molecule has 0 aliphatic carbocycles. The molecule has 2 aliphatic heterocycles. The molecule has 0 amide bonds. The van der Waals surface area contributed by atoms with Gasteiger partial charge in [0.15, 0.2) is 12.1 Å². The Morgan fingerprint density at radius 2 is 1.23 bits per heavy atom. The Hall–Kier alpha value is -4.78. The molecular formula is C50H51FO7SSi. The molecule has 0 spiro atoms. The first-order valence-electron chi connectivity index (χ1n) is 20.4. The quantitative estimate of drug-likeness (QED) is 0.101. The van der Waals surface area contributed by atoms with Crippen LogP contribution in [0.25, 0.3) is 0 Å². The van der Waals surface area contributed by atoms with Gasteiger partial charge in [-0.15, -0.1) is 0 Å². The van der Waals surface area contributed by atoms with Crippen molar-refractivity contribution >= 4 is 30.5 Å². The Bertz CT molecular complexity index is 2220. The molecule has 0 radical (unpaired) electrons. The Labute approximate surface area is 357 Å². The summed E-state index contributed by atoms with van der Waals surface area (Å²) in [5.74, 6) is 0.516. The number of hydrogen-bond donors (Lipinski definition) is 0. The van der Waals surface area contributed by atoms with Gasteiger partial charge in [-0.1, -0.05) is 160 Å². The summed E-state index contributed by atoms with van der Waals surface area (Å²) in [5, 5.41) is 1.80. The van der Waals surface area contributed by atoms with Crippen LogP contribution in [0.15, 0.2) is 169 Å². The van der Waals surface area contributed by atoms with Crippen LogP contribution in [0.4, 0.5) is 4.39 Å². The van der Waals surface area contributed by atoms with Gasteiger partial charge in [0.2, 0.25) is 0 Å². The Kier molecular flexibility index (Phi) is 13.2. The van der Waals surface area contributed by atoms with Crippen molar-refractivity contribution < 1.29 is 37.2 Å². The van der Waals surface area contributed by atoms with Crippen LogP contribution in [-0.2, 0) is 36.9 Å². The number of hydrogen-bond acceptors (Lipinski definition) is 8. The van der Waals surface area contributed by atoms with Crippen molar-refractivity contribution in [1.29, 1.82) is 0 Å². The van der Waals surface area contributed by atoms with Crippen molar-refractivity contribution in [1.82, 2.24) is 0 Å². The molecule has 2 heterocycles. The first kappa shape index (κ1) is 41.9. The smallest absolute Gasteiger partial charge is 0.320 e. The number of ether oxygens (including phenoxy) is 6. The highest BCUT2D eigenvalue weighted by atomic mass is 32.2. The van der Waals surface area contributed by atoms with E-state index in [4.69, 9.17) is 32.8 Å². The predicted octanol–water partition coefficient (Wildman–Crippen LogP) is 9.88. The van der Waals surface area contributed by atoms with Gasteiger partial charge in [-0.3, -0.25) is 0 Å². The largest absolute Gasteiger partial charge is 0.532 e. The maximum absolute atomic E-state index is 16.6. The molecule has 2 saturated heterocycles. The fourth-order valence-corrected chi connectivity index (χ4v) is 13.6. The molecule has 0 saturated carbocycles. The molecule has 2 fully saturated rings. The zero-order valence-electron chi connectivity index (χ0n) is 34.3. The van der Waals surface area contributed by atoms with Crippen LogP contribution >= 0.6 is 11.8 Å². The van der Waals surface area contributed by atoms with E-state index in [2.05, 4.69) is 57.2 Å². The van der Waals surface area contributed by atoms with Crippen LogP contribution in [0.3, 0.4) is 0 Å². The van der Waals surface area contributed by atoms with Crippen LogP contribution in [0.2, 0.25) is 5.04 Å². The lowest BCUT2D eigenvalue weighted by molar-refractivity contribution is -0.329. The Morgan fingerprint density at radius 1 is 0.667 bits per heavy atom. The van der Waals surface area contributed by atoms with Gasteiger partial charge in [0.1, 0.15) is 41.4 Å². The summed E-state index contributed by atoms with van der Waals surface area (Å²) in [6.45, 7) is 7.22. The van der Waals surface area contributed by atoms with Crippen LogP contribution in [0.1, 0.15) is 43.8 Å². The maximum atomic E-state index is 16.6. The van der Waals surface area contributed by atoms with Gasteiger partial charge in [0, 0.05) is 10.5 Å². The number of halogens is 1. The number of rotatable bonds is 14. The second-order valence-corrected chi connectivity index (χ2v) is 21.5. The van der Waals surface area contributed by atoms with Gasteiger partial charge in [-0.05, 0) is 62.9 Å². The van der Waals surface area contributed by atoms with E-state index in [1.165, 1.54) is 6.07 Å². The van der Waals surface area contributed by atoms with Crippen molar-refractivity contribution in [3.63, 3.8) is 0 Å². The summed E-state index contributed by atoms with van der Waals surface area (Å²) in [6.07, 6.45) is -2.83. The van der Waals surface area contributed by atoms with Crippen molar-refractivity contribution in [2.45, 2.75) is 80.1 Å². The number of thioether (sulfide) groups is 1. The van der Waals surface area contributed by atoms with E-state index < -0.39 is 50.3 Å². The van der Waals surface area contributed by atoms with Crippen LogP contribution < -0.4 is 19.5 Å². The summed E-state index contributed by atoms with van der Waals surface area (Å²) in [7, 11) is -1.42. The van der Waals surface area contributed by atoms with E-state index in [9.17, 15) is 0 Å². The molecule has 10 heteroatoms. The number of fused-ring (bicyclic) bond motifs is 1. The van der Waals surface area contributed by atoms with Gasteiger partial charge in [-0.2, -0.15) is 0 Å². The van der Waals surface area contributed by atoms with Gasteiger partial charge >= 0.3 is 8.32 Å². The summed E-state index contributed by atoms with van der Waals surface area (Å²) in [4.78, 5) is 1.02. The molecule has 2 aliphatic rings. The number of methoxy groups -OCH3 is 1. The van der Waals surface area contributed by atoms with Crippen LogP contribution in [-0.4, -0.2) is 51.9 Å². The first-order chi connectivity index (χ1) is 29.2. The summed E-state index contributed by atoms with van der Waals surface area (Å²) >= 11 is 1.57. The van der Waals surface area contributed by atoms with Crippen LogP contribution in [0.5, 0.6) is 11.5 Å². The Balaban J connectivity index is 1.10. The van der Waals surface area contributed by atoms with Gasteiger partial charge in [0.25, 0.3) is 0 Å². The molecule has 7 nitrogen and oxygen atoms in total. The molecule has 6 aromatic rings. The van der Waals surface area contributed by atoms with E-state index in [0.717, 1.165) is 32.1 Å². The van der Waals surface area contributed by atoms with E-state index in [1.807, 2.05) is 115 Å². The van der Waals surface area contributed by atoms with Gasteiger partial charge < -0.3 is 32.8 Å². The number of benzene rings is 6. The molecular weight excluding hydrogens is 792 g/mol. The van der Waals surface area contributed by atoms with E-state index in [1.54, 1.807) is 24.9 Å². The minimum Gasteiger partial charge on any atom is -0.532 e. The van der Waals surface area contributed by atoms with E-state index in [-0.39, 0.29) is 17.4 Å². The molecule has 0 aromatic heterocycles. The summed E-state index contributed by atoms with van der Waals surface area (Å²) in [6, 6.07) is 53.4. The SMILES string of the molecule is COc1ccc(CO[C@H]2[C@@H](OCc3ccc(O[Si](c4ccccc4)(c4ccccc4)C(C)(C)C)c(F)c3)[C@@H]3OC(c4ccccc4)OC[C@H]3O[C@@H]2Sc2ccccc2)cc1. The normalized spacial score (nSPS) is 21.8. The molecule has 60 heavy (non-hydrogen) atoms. The monoisotopic (exact) mass is 842 g/mol.